The molecule has 2 aliphatic rings. The number of benzene rings is 3. The number of methoxy groups -OCH3 is 1. The molecule has 1 aromatic heterocycles. The van der Waals surface area contributed by atoms with Crippen LogP contribution in [0.15, 0.2) is 66.7 Å². The van der Waals surface area contributed by atoms with Gasteiger partial charge in [-0.25, -0.2) is 4.72 Å². The first-order valence-electron chi connectivity index (χ1n) is 18.4. The third-order valence-electron chi connectivity index (χ3n) is 11.0. The Morgan fingerprint density at radius 3 is 2.37 bits per heavy atom. The smallest absolute Gasteiger partial charge is 0.303 e. The average Bonchev–Trinajstić information content (AvgIpc) is 3.35. The summed E-state index contributed by atoms with van der Waals surface area (Å²) in [4.78, 5) is 33.2. The number of hydrogen-bond acceptors (Lipinski definition) is 6. The number of piperazine rings is 1. The number of nitrogens with one attached hydrogen (secondary N) is 1. The van der Waals surface area contributed by atoms with Gasteiger partial charge in [0, 0.05) is 62.3 Å². The maximum absolute atomic E-state index is 15.3. The molecule has 1 N–H and O–H groups in total. The normalized spacial score (nSPS) is 19.4. The van der Waals surface area contributed by atoms with Crippen LogP contribution < -0.4 is 9.46 Å². The largest absolute Gasteiger partial charge is 0.497 e. The molecule has 0 spiro atoms. The maximum atomic E-state index is 15.3. The molecule has 0 saturated carbocycles. The zero-order valence-electron chi connectivity index (χ0n) is 31.6. The number of aromatic nitrogens is 1. The third kappa shape index (κ3) is 7.10. The summed E-state index contributed by atoms with van der Waals surface area (Å²) in [6.45, 7) is 9.01. The van der Waals surface area contributed by atoms with E-state index in [4.69, 9.17) is 4.74 Å². The standard InChI is InChI=1S/C41H53N5O5S/c1-8-13-29(14-9-2)37-34-19-17-30(39(47)42-52(49,50)43(4)5)24-35(34)46-27-41(3,25-31-23-32(51-7)18-20-33(31)38(37)46)40(48)45-22-21-44(6)26-36(45)28-15-11-10-12-16-28/h10-12,15-20,23-24,29,36H,8-9,13-14,21-22,25-27H2,1-7H3,(H,42,47). The molecule has 2 amide bonds. The summed E-state index contributed by atoms with van der Waals surface area (Å²) < 4.78 is 36.5. The molecule has 2 unspecified atom stereocenters. The van der Waals surface area contributed by atoms with Gasteiger partial charge in [0.1, 0.15) is 5.75 Å². The van der Waals surface area contributed by atoms with E-state index in [1.807, 2.05) is 30.3 Å². The molecule has 2 atom stereocenters. The fourth-order valence-corrected chi connectivity index (χ4v) is 8.83. The number of carbonyl (C=O) groups is 2. The van der Waals surface area contributed by atoms with E-state index in [-0.39, 0.29) is 23.4 Å². The van der Waals surface area contributed by atoms with Gasteiger partial charge in [0.05, 0.1) is 24.3 Å². The highest BCUT2D eigenvalue weighted by Crippen LogP contribution is 2.48. The van der Waals surface area contributed by atoms with Crippen molar-refractivity contribution in [3.05, 3.63) is 89.0 Å². The topological polar surface area (TPSA) is 104 Å². The van der Waals surface area contributed by atoms with E-state index in [0.717, 1.165) is 82.1 Å². The lowest BCUT2D eigenvalue weighted by Crippen LogP contribution is -2.54. The second kappa shape index (κ2) is 15.0. The van der Waals surface area contributed by atoms with E-state index < -0.39 is 21.5 Å². The van der Waals surface area contributed by atoms with Crippen LogP contribution in [0.4, 0.5) is 0 Å². The van der Waals surface area contributed by atoms with E-state index in [1.165, 1.54) is 19.7 Å². The fourth-order valence-electron chi connectivity index (χ4n) is 8.30. The third-order valence-corrected chi connectivity index (χ3v) is 12.4. The number of fused-ring (bicyclic) bond motifs is 5. The molecule has 52 heavy (non-hydrogen) atoms. The summed E-state index contributed by atoms with van der Waals surface area (Å²) in [6.07, 6.45) is 4.50. The van der Waals surface area contributed by atoms with Crippen LogP contribution in [-0.2, 0) is 28.0 Å². The lowest BCUT2D eigenvalue weighted by Gasteiger charge is -2.44. The highest BCUT2D eigenvalue weighted by Gasteiger charge is 2.45. The van der Waals surface area contributed by atoms with Gasteiger partial charge < -0.3 is 19.1 Å². The predicted molar refractivity (Wildman–Crippen MR) is 207 cm³/mol. The van der Waals surface area contributed by atoms with E-state index >= 15 is 4.79 Å². The van der Waals surface area contributed by atoms with Crippen molar-refractivity contribution in [1.82, 2.24) is 23.4 Å². The van der Waals surface area contributed by atoms with Crippen LogP contribution in [0.1, 0.15) is 85.5 Å². The van der Waals surface area contributed by atoms with Crippen LogP contribution >= 0.6 is 0 Å². The Hall–Kier alpha value is -4.19. The summed E-state index contributed by atoms with van der Waals surface area (Å²) in [5.74, 6) is 0.370. The number of likely N-dealkylation sites (N-methyl/N-ethyl adjacent to an activating group) is 1. The molecule has 3 heterocycles. The lowest BCUT2D eigenvalue weighted by atomic mass is 9.80. The Balaban J connectivity index is 1.58. The molecule has 278 valence electrons. The molecule has 2 aliphatic heterocycles. The van der Waals surface area contributed by atoms with Crippen molar-refractivity contribution >= 4 is 32.9 Å². The molecule has 3 aromatic carbocycles. The molecular formula is C41H53N5O5S. The first-order chi connectivity index (χ1) is 24.8. The Morgan fingerprint density at radius 1 is 1.00 bits per heavy atom. The van der Waals surface area contributed by atoms with E-state index in [2.05, 4.69) is 71.2 Å². The van der Waals surface area contributed by atoms with Gasteiger partial charge >= 0.3 is 10.2 Å². The van der Waals surface area contributed by atoms with Crippen molar-refractivity contribution in [3.8, 4) is 17.0 Å². The van der Waals surface area contributed by atoms with Crippen molar-refractivity contribution in [2.45, 2.75) is 71.4 Å². The van der Waals surface area contributed by atoms with E-state index in [9.17, 15) is 13.2 Å². The lowest BCUT2D eigenvalue weighted by molar-refractivity contribution is -0.147. The predicted octanol–water partition coefficient (Wildman–Crippen LogP) is 6.61. The van der Waals surface area contributed by atoms with E-state index in [1.54, 1.807) is 19.2 Å². The van der Waals surface area contributed by atoms with Gasteiger partial charge in [0.15, 0.2) is 0 Å². The molecule has 0 aliphatic carbocycles. The molecule has 0 radical (unpaired) electrons. The second-order valence-corrected chi connectivity index (χ2v) is 16.9. The first-order valence-corrected chi connectivity index (χ1v) is 19.9. The number of ether oxygens (including phenoxy) is 1. The van der Waals surface area contributed by atoms with Crippen LogP contribution in [0.5, 0.6) is 5.75 Å². The average molecular weight is 728 g/mol. The Bertz CT molecular complexity index is 2050. The molecular weight excluding hydrogens is 675 g/mol. The number of nitrogens with zero attached hydrogens (tertiary/aromatic N) is 4. The van der Waals surface area contributed by atoms with Gasteiger partial charge in [-0.15, -0.1) is 0 Å². The molecule has 10 nitrogen and oxygen atoms in total. The van der Waals surface area contributed by atoms with E-state index in [0.29, 0.717) is 19.5 Å². The van der Waals surface area contributed by atoms with Crippen LogP contribution in [0.2, 0.25) is 0 Å². The number of rotatable bonds is 11. The minimum atomic E-state index is -4.00. The zero-order valence-corrected chi connectivity index (χ0v) is 32.4. The van der Waals surface area contributed by atoms with Gasteiger partial charge in [0.25, 0.3) is 5.91 Å². The maximum Gasteiger partial charge on any atom is 0.303 e. The highest BCUT2D eigenvalue weighted by molar-refractivity contribution is 7.87. The number of hydrogen-bond donors (Lipinski definition) is 1. The minimum Gasteiger partial charge on any atom is -0.497 e. The summed E-state index contributed by atoms with van der Waals surface area (Å²) in [5.41, 5.74) is 5.69. The summed E-state index contributed by atoms with van der Waals surface area (Å²) in [6, 6.07) is 21.9. The van der Waals surface area contributed by atoms with Gasteiger partial charge in [-0.3, -0.25) is 9.59 Å². The van der Waals surface area contributed by atoms with Crippen molar-refractivity contribution < 1.29 is 22.7 Å². The quantitative estimate of drug-likeness (QED) is 0.187. The Morgan fingerprint density at radius 2 is 1.71 bits per heavy atom. The molecule has 11 heteroatoms. The highest BCUT2D eigenvalue weighted by atomic mass is 32.2. The zero-order chi connectivity index (χ0) is 37.4. The van der Waals surface area contributed by atoms with Crippen LogP contribution in [-0.4, -0.2) is 86.8 Å². The molecule has 1 fully saturated rings. The van der Waals surface area contributed by atoms with Gasteiger partial charge in [-0.2, -0.15) is 12.7 Å². The second-order valence-electron chi connectivity index (χ2n) is 15.0. The first kappa shape index (κ1) is 37.6. The van der Waals surface area contributed by atoms with Gasteiger partial charge in [-0.1, -0.05) is 63.1 Å². The number of carbonyl (C=O) groups excluding carboxylic acids is 2. The van der Waals surface area contributed by atoms with Crippen molar-refractivity contribution in [1.29, 1.82) is 0 Å². The van der Waals surface area contributed by atoms with Crippen molar-refractivity contribution in [3.63, 3.8) is 0 Å². The molecule has 4 aromatic rings. The summed E-state index contributed by atoms with van der Waals surface area (Å²) in [7, 11) is 2.53. The van der Waals surface area contributed by atoms with Crippen LogP contribution in [0.25, 0.3) is 22.2 Å². The van der Waals surface area contributed by atoms with Gasteiger partial charge in [-0.05, 0) is 86.2 Å². The minimum absolute atomic E-state index is 0.0871. The Labute approximate surface area is 308 Å². The molecule has 0 bridgehead atoms. The van der Waals surface area contributed by atoms with Crippen molar-refractivity contribution in [2.24, 2.45) is 5.41 Å². The van der Waals surface area contributed by atoms with Gasteiger partial charge in [0.2, 0.25) is 5.91 Å². The monoisotopic (exact) mass is 727 g/mol. The van der Waals surface area contributed by atoms with Crippen LogP contribution in [0.3, 0.4) is 0 Å². The summed E-state index contributed by atoms with van der Waals surface area (Å²) >= 11 is 0. The number of amides is 2. The van der Waals surface area contributed by atoms with Crippen molar-refractivity contribution in [2.75, 3.05) is 47.9 Å². The molecule has 6 rings (SSSR count). The fraction of sp³-hybridized carbons (Fsp3) is 0.463. The SMILES string of the molecule is CCCC(CCC)c1c2n(c3cc(C(=O)NS(=O)(=O)N(C)C)ccc13)CC(C)(C(=O)N1CCN(C)CC1c1ccccc1)Cc1cc(OC)ccc1-2. The molecule has 1 saturated heterocycles. The van der Waals surface area contributed by atoms with Crippen LogP contribution in [0, 0.1) is 5.41 Å². The summed E-state index contributed by atoms with van der Waals surface area (Å²) in [5, 5.41) is 1.02. The Kier molecular flexibility index (Phi) is 10.9.